The van der Waals surface area contributed by atoms with E-state index in [0.29, 0.717) is 13.2 Å². The van der Waals surface area contributed by atoms with E-state index >= 15 is 0 Å². The van der Waals surface area contributed by atoms with Gasteiger partial charge in [-0.15, -0.1) is 0 Å². The van der Waals surface area contributed by atoms with Crippen LogP contribution in [0.2, 0.25) is 0 Å². The van der Waals surface area contributed by atoms with Crippen LogP contribution >= 0.6 is 0 Å². The van der Waals surface area contributed by atoms with E-state index in [0.717, 1.165) is 23.3 Å². The molecular weight excluding hydrogens is 214 g/mol. The van der Waals surface area contributed by atoms with E-state index in [4.69, 9.17) is 15.2 Å². The molecule has 0 saturated carbocycles. The van der Waals surface area contributed by atoms with Crippen LogP contribution in [0.3, 0.4) is 0 Å². The fourth-order valence-electron chi connectivity index (χ4n) is 1.85. The molecule has 0 amide bonds. The fourth-order valence-corrected chi connectivity index (χ4v) is 1.85. The summed E-state index contributed by atoms with van der Waals surface area (Å²) in [5.41, 5.74) is 9.17. The topological polar surface area (TPSA) is 44.5 Å². The Morgan fingerprint density at radius 1 is 1.24 bits per heavy atom. The van der Waals surface area contributed by atoms with Crippen molar-refractivity contribution in [1.82, 2.24) is 0 Å². The van der Waals surface area contributed by atoms with E-state index < -0.39 is 0 Å². The van der Waals surface area contributed by atoms with E-state index in [1.165, 1.54) is 5.56 Å². The Morgan fingerprint density at radius 2 is 1.82 bits per heavy atom. The molecule has 0 heterocycles. The Hall–Kier alpha value is -1.06. The first-order valence-electron chi connectivity index (χ1n) is 6.04. The number of hydrogen-bond acceptors (Lipinski definition) is 3. The van der Waals surface area contributed by atoms with Gasteiger partial charge in [-0.05, 0) is 50.4 Å². The van der Waals surface area contributed by atoms with Crippen LogP contribution in [0.25, 0.3) is 0 Å². The molecule has 1 rings (SSSR count). The Bertz CT molecular complexity index is 340. The highest BCUT2D eigenvalue weighted by Gasteiger charge is 2.08. The average Bonchev–Trinajstić information content (AvgIpc) is 2.28. The molecule has 0 aliphatic carbocycles. The Labute approximate surface area is 104 Å². The molecule has 0 saturated heterocycles. The molecule has 1 aromatic rings. The molecule has 0 aliphatic rings. The molecule has 96 valence electrons. The smallest absolute Gasteiger partial charge is 0.125 e. The predicted octanol–water partition coefficient (Wildman–Crippen LogP) is 2.22. The SMILES string of the molecule is COC(C)COc1c(C)cc(CCN)cc1C. The van der Waals surface area contributed by atoms with Crippen molar-refractivity contribution in [2.24, 2.45) is 5.73 Å². The summed E-state index contributed by atoms with van der Waals surface area (Å²) in [6, 6.07) is 4.29. The van der Waals surface area contributed by atoms with Crippen molar-refractivity contribution in [2.75, 3.05) is 20.3 Å². The fraction of sp³-hybridized carbons (Fsp3) is 0.571. The lowest BCUT2D eigenvalue weighted by Gasteiger charge is -2.16. The van der Waals surface area contributed by atoms with Crippen molar-refractivity contribution in [2.45, 2.75) is 33.3 Å². The molecule has 0 radical (unpaired) electrons. The van der Waals surface area contributed by atoms with E-state index in [9.17, 15) is 0 Å². The second kappa shape index (κ2) is 6.62. The summed E-state index contributed by atoms with van der Waals surface area (Å²) >= 11 is 0. The van der Waals surface area contributed by atoms with Crippen molar-refractivity contribution in [3.8, 4) is 5.75 Å². The number of nitrogens with two attached hydrogens (primary N) is 1. The molecule has 0 aromatic heterocycles. The number of hydrogen-bond donors (Lipinski definition) is 1. The van der Waals surface area contributed by atoms with Crippen LogP contribution in [0, 0.1) is 13.8 Å². The minimum absolute atomic E-state index is 0.109. The van der Waals surface area contributed by atoms with Crippen LogP contribution in [-0.2, 0) is 11.2 Å². The van der Waals surface area contributed by atoms with E-state index in [1.807, 2.05) is 6.92 Å². The number of ether oxygens (including phenoxy) is 2. The normalized spacial score (nSPS) is 12.5. The van der Waals surface area contributed by atoms with Crippen LogP contribution in [0.1, 0.15) is 23.6 Å². The quantitative estimate of drug-likeness (QED) is 0.825. The summed E-state index contributed by atoms with van der Waals surface area (Å²) in [6.07, 6.45) is 1.02. The third-order valence-electron chi connectivity index (χ3n) is 2.82. The van der Waals surface area contributed by atoms with Crippen LogP contribution < -0.4 is 10.5 Å². The molecule has 2 N–H and O–H groups in total. The van der Waals surface area contributed by atoms with Gasteiger partial charge < -0.3 is 15.2 Å². The van der Waals surface area contributed by atoms with Gasteiger partial charge in [-0.2, -0.15) is 0 Å². The lowest BCUT2D eigenvalue weighted by molar-refractivity contribution is 0.0711. The molecule has 0 bridgehead atoms. The molecular formula is C14H23NO2. The molecule has 3 nitrogen and oxygen atoms in total. The maximum absolute atomic E-state index is 5.80. The van der Waals surface area contributed by atoms with Gasteiger partial charge in [0.1, 0.15) is 12.4 Å². The van der Waals surface area contributed by atoms with E-state index in [-0.39, 0.29) is 6.10 Å². The standard InChI is InChI=1S/C14H23NO2/c1-10-7-13(5-6-15)8-11(2)14(10)17-9-12(3)16-4/h7-8,12H,5-6,9,15H2,1-4H3. The van der Waals surface area contributed by atoms with Crippen molar-refractivity contribution in [1.29, 1.82) is 0 Å². The summed E-state index contributed by atoms with van der Waals surface area (Å²) in [5, 5.41) is 0. The average molecular weight is 237 g/mol. The minimum atomic E-state index is 0.109. The Morgan fingerprint density at radius 3 is 2.29 bits per heavy atom. The number of aryl methyl sites for hydroxylation is 2. The van der Waals surface area contributed by atoms with Crippen LogP contribution in [0.15, 0.2) is 12.1 Å². The molecule has 1 unspecified atom stereocenters. The monoisotopic (exact) mass is 237 g/mol. The van der Waals surface area contributed by atoms with Gasteiger partial charge in [0, 0.05) is 7.11 Å². The lowest BCUT2D eigenvalue weighted by atomic mass is 10.0. The highest BCUT2D eigenvalue weighted by Crippen LogP contribution is 2.25. The zero-order valence-corrected chi connectivity index (χ0v) is 11.2. The highest BCUT2D eigenvalue weighted by molar-refractivity contribution is 5.43. The molecule has 1 atom stereocenters. The molecule has 1 aromatic carbocycles. The maximum Gasteiger partial charge on any atom is 0.125 e. The molecule has 3 heteroatoms. The number of benzene rings is 1. The molecule has 0 fully saturated rings. The van der Waals surface area contributed by atoms with Gasteiger partial charge in [0.2, 0.25) is 0 Å². The summed E-state index contributed by atoms with van der Waals surface area (Å²) in [5.74, 6) is 0.967. The Balaban J connectivity index is 2.78. The van der Waals surface area contributed by atoms with Gasteiger partial charge in [-0.1, -0.05) is 12.1 Å². The van der Waals surface area contributed by atoms with Gasteiger partial charge in [0.05, 0.1) is 6.10 Å². The first kappa shape index (κ1) is 14.0. The van der Waals surface area contributed by atoms with Crippen molar-refractivity contribution < 1.29 is 9.47 Å². The van der Waals surface area contributed by atoms with Crippen LogP contribution in [-0.4, -0.2) is 26.4 Å². The summed E-state index contributed by atoms with van der Waals surface area (Å²) in [4.78, 5) is 0. The predicted molar refractivity (Wildman–Crippen MR) is 70.6 cm³/mol. The summed E-state index contributed by atoms with van der Waals surface area (Å²) < 4.78 is 11.0. The second-order valence-corrected chi connectivity index (χ2v) is 4.45. The van der Waals surface area contributed by atoms with Gasteiger partial charge in [-0.3, -0.25) is 0 Å². The highest BCUT2D eigenvalue weighted by atomic mass is 16.5. The molecule has 0 spiro atoms. The van der Waals surface area contributed by atoms with Gasteiger partial charge >= 0.3 is 0 Å². The van der Waals surface area contributed by atoms with E-state index in [2.05, 4.69) is 26.0 Å². The summed E-state index contributed by atoms with van der Waals surface area (Å²) in [6.45, 7) is 7.39. The van der Waals surface area contributed by atoms with E-state index in [1.54, 1.807) is 7.11 Å². The van der Waals surface area contributed by atoms with Crippen molar-refractivity contribution in [3.63, 3.8) is 0 Å². The zero-order chi connectivity index (χ0) is 12.8. The van der Waals surface area contributed by atoms with Crippen LogP contribution in [0.5, 0.6) is 5.75 Å². The molecule has 0 aliphatic heterocycles. The zero-order valence-electron chi connectivity index (χ0n) is 11.2. The first-order valence-corrected chi connectivity index (χ1v) is 6.04. The van der Waals surface area contributed by atoms with Gasteiger partial charge in [0.15, 0.2) is 0 Å². The van der Waals surface area contributed by atoms with Crippen molar-refractivity contribution >= 4 is 0 Å². The van der Waals surface area contributed by atoms with Crippen molar-refractivity contribution in [3.05, 3.63) is 28.8 Å². The number of rotatable bonds is 6. The van der Waals surface area contributed by atoms with Crippen LogP contribution in [0.4, 0.5) is 0 Å². The summed E-state index contributed by atoms with van der Waals surface area (Å²) in [7, 11) is 1.69. The Kier molecular flexibility index (Phi) is 5.45. The lowest BCUT2D eigenvalue weighted by Crippen LogP contribution is -2.17. The maximum atomic E-state index is 5.80. The largest absolute Gasteiger partial charge is 0.490 e. The number of methoxy groups -OCH3 is 1. The first-order chi connectivity index (χ1) is 8.08. The van der Waals surface area contributed by atoms with Gasteiger partial charge in [-0.25, -0.2) is 0 Å². The van der Waals surface area contributed by atoms with Gasteiger partial charge in [0.25, 0.3) is 0 Å². The minimum Gasteiger partial charge on any atom is -0.490 e. The third-order valence-corrected chi connectivity index (χ3v) is 2.82. The second-order valence-electron chi connectivity index (χ2n) is 4.45. The third kappa shape index (κ3) is 4.02. The molecule has 17 heavy (non-hydrogen) atoms.